The van der Waals surface area contributed by atoms with Crippen LogP contribution in [0.3, 0.4) is 0 Å². The summed E-state index contributed by atoms with van der Waals surface area (Å²) >= 11 is 0. The van der Waals surface area contributed by atoms with Crippen molar-refractivity contribution in [3.63, 3.8) is 0 Å². The Hall–Kier alpha value is -0.473. The number of carbonyl (C=O) groups is 1. The van der Waals surface area contributed by atoms with Crippen LogP contribution in [0.1, 0.15) is 53.4 Å². The zero-order valence-electron chi connectivity index (χ0n) is 17.2. The summed E-state index contributed by atoms with van der Waals surface area (Å²) in [4.78, 5) is 12.3. The average molecular weight is 387 g/mol. The van der Waals surface area contributed by atoms with Crippen molar-refractivity contribution in [2.24, 2.45) is 5.41 Å². The van der Waals surface area contributed by atoms with E-state index in [1.165, 1.54) is 0 Å². The Labute approximate surface area is 157 Å². The van der Waals surface area contributed by atoms with Crippen molar-refractivity contribution in [3.8, 4) is 0 Å². The Kier molecular flexibility index (Phi) is 4.68. The highest BCUT2D eigenvalue weighted by molar-refractivity contribution is 6.74. The van der Waals surface area contributed by atoms with E-state index in [2.05, 4.69) is 33.9 Å². The molecule has 0 aromatic carbocycles. The third-order valence-corrected chi connectivity index (χ3v) is 11.5. The second-order valence-corrected chi connectivity index (χ2v) is 14.6. The molecule has 0 amide bonds. The molecule has 1 aliphatic heterocycles. The van der Waals surface area contributed by atoms with Gasteiger partial charge in [0, 0.05) is 18.9 Å². The third-order valence-electron chi connectivity index (χ3n) is 7.03. The van der Waals surface area contributed by atoms with Gasteiger partial charge in [-0.05, 0) is 37.9 Å². The largest absolute Gasteiger partial charge is 0.466 e. The molecule has 2 aliphatic carbocycles. The minimum atomic E-state index is -2.13. The second-order valence-electron chi connectivity index (χ2n) is 9.86. The van der Waals surface area contributed by atoms with E-state index in [1.807, 2.05) is 6.92 Å². The molecule has 3 rings (SSSR count). The molecule has 0 spiro atoms. The fourth-order valence-corrected chi connectivity index (χ4v) is 6.38. The minimum Gasteiger partial charge on any atom is -0.466 e. The normalized spacial score (nSPS) is 41.7. The van der Waals surface area contributed by atoms with Gasteiger partial charge in [0.05, 0.1) is 24.2 Å². The van der Waals surface area contributed by atoms with Crippen molar-refractivity contribution in [3.05, 3.63) is 0 Å². The lowest BCUT2D eigenvalue weighted by atomic mass is 9.89. The SMILES string of the molecule is CCOC(=O)C[C@]12C[C@]3(O)C[C@@H](OC)OC3[C@@]1(O[Si](C)(C)C(C)(C)C)C2. The maximum Gasteiger partial charge on any atom is 0.306 e. The van der Waals surface area contributed by atoms with E-state index in [9.17, 15) is 9.90 Å². The Morgan fingerprint density at radius 3 is 2.50 bits per heavy atom. The molecule has 26 heavy (non-hydrogen) atoms. The van der Waals surface area contributed by atoms with Crippen LogP contribution < -0.4 is 0 Å². The first kappa shape index (κ1) is 20.3. The smallest absolute Gasteiger partial charge is 0.306 e. The highest BCUT2D eigenvalue weighted by Gasteiger charge is 2.85. The molecule has 1 heterocycles. The first-order chi connectivity index (χ1) is 11.8. The van der Waals surface area contributed by atoms with Crippen molar-refractivity contribution in [2.45, 2.75) is 95.1 Å². The zero-order chi connectivity index (χ0) is 19.6. The number of fused-ring (bicyclic) bond motifs is 3. The summed E-state index contributed by atoms with van der Waals surface area (Å²) in [6.45, 7) is 13.2. The number of aliphatic hydroxyl groups is 1. The van der Waals surface area contributed by atoms with Crippen LogP contribution in [-0.2, 0) is 23.4 Å². The molecule has 2 saturated carbocycles. The van der Waals surface area contributed by atoms with E-state index in [0.29, 0.717) is 19.4 Å². The summed E-state index contributed by atoms with van der Waals surface area (Å²) in [5.74, 6) is -0.222. The van der Waals surface area contributed by atoms with Crippen molar-refractivity contribution in [1.29, 1.82) is 0 Å². The second kappa shape index (κ2) is 6.01. The van der Waals surface area contributed by atoms with Gasteiger partial charge in [-0.1, -0.05) is 20.8 Å². The van der Waals surface area contributed by atoms with E-state index in [4.69, 9.17) is 18.6 Å². The number of ether oxygens (including phenoxy) is 3. The van der Waals surface area contributed by atoms with Gasteiger partial charge in [0.2, 0.25) is 0 Å². The maximum absolute atomic E-state index is 12.3. The van der Waals surface area contributed by atoms with Crippen LogP contribution in [0.15, 0.2) is 0 Å². The van der Waals surface area contributed by atoms with Gasteiger partial charge in [-0.15, -0.1) is 0 Å². The molecule has 0 aromatic rings. The molecule has 0 bridgehead atoms. The molecule has 0 aromatic heterocycles. The number of esters is 1. The molecule has 1 saturated heterocycles. The van der Waals surface area contributed by atoms with Gasteiger partial charge in [0.1, 0.15) is 6.10 Å². The number of methoxy groups -OCH3 is 1. The molecule has 7 heteroatoms. The van der Waals surface area contributed by atoms with Crippen LogP contribution in [0, 0.1) is 5.41 Å². The fourth-order valence-electron chi connectivity index (χ4n) is 4.77. The summed E-state index contributed by atoms with van der Waals surface area (Å²) in [6, 6.07) is 0. The maximum atomic E-state index is 12.3. The summed E-state index contributed by atoms with van der Waals surface area (Å²) in [7, 11) is -0.534. The van der Waals surface area contributed by atoms with E-state index in [1.54, 1.807) is 7.11 Å². The Morgan fingerprint density at radius 1 is 1.31 bits per heavy atom. The summed E-state index contributed by atoms with van der Waals surface area (Å²) in [5.41, 5.74) is -2.02. The highest BCUT2D eigenvalue weighted by atomic mass is 28.4. The van der Waals surface area contributed by atoms with E-state index < -0.39 is 37.3 Å². The monoisotopic (exact) mass is 386 g/mol. The van der Waals surface area contributed by atoms with Crippen molar-refractivity contribution >= 4 is 14.3 Å². The van der Waals surface area contributed by atoms with Gasteiger partial charge in [0.25, 0.3) is 0 Å². The standard InChI is InChI=1S/C19H34O6Si/c1-8-23-13(20)9-17-11-18(21)10-14(22-5)24-15(18)19(17,12-17)25-26(6,7)16(2,3)4/h14-15,21H,8-12H2,1-7H3/t14-,15?,17+,18+,19-/m0/s1. The Morgan fingerprint density at radius 2 is 1.96 bits per heavy atom. The number of carbonyl (C=O) groups excluding carboxylic acids is 1. The van der Waals surface area contributed by atoms with Gasteiger partial charge in [-0.2, -0.15) is 0 Å². The Balaban J connectivity index is 1.92. The number of rotatable bonds is 6. The zero-order valence-corrected chi connectivity index (χ0v) is 18.2. The predicted molar refractivity (Wildman–Crippen MR) is 99.2 cm³/mol. The molecule has 0 radical (unpaired) electrons. The van der Waals surface area contributed by atoms with E-state index >= 15 is 0 Å². The van der Waals surface area contributed by atoms with Gasteiger partial charge >= 0.3 is 5.97 Å². The molecule has 5 atom stereocenters. The van der Waals surface area contributed by atoms with Crippen molar-refractivity contribution in [2.75, 3.05) is 13.7 Å². The van der Waals surface area contributed by atoms with Gasteiger partial charge in [-0.25, -0.2) is 0 Å². The first-order valence-corrected chi connectivity index (χ1v) is 12.5. The lowest BCUT2D eigenvalue weighted by Crippen LogP contribution is -2.52. The quantitative estimate of drug-likeness (QED) is 0.559. The lowest BCUT2D eigenvalue weighted by molar-refractivity contribution is -0.155. The van der Waals surface area contributed by atoms with Crippen LogP contribution >= 0.6 is 0 Å². The highest BCUT2D eigenvalue weighted by Crippen LogP contribution is 2.76. The van der Waals surface area contributed by atoms with Gasteiger partial charge in [0.15, 0.2) is 14.6 Å². The Bertz CT molecular complexity index is 587. The minimum absolute atomic E-state index is 0.0278. The van der Waals surface area contributed by atoms with Crippen molar-refractivity contribution < 1.29 is 28.5 Å². The number of hydrogen-bond acceptors (Lipinski definition) is 6. The van der Waals surface area contributed by atoms with Crippen LogP contribution in [0.4, 0.5) is 0 Å². The molecule has 1 unspecified atom stereocenters. The van der Waals surface area contributed by atoms with Crippen LogP contribution in [0.5, 0.6) is 0 Å². The first-order valence-electron chi connectivity index (χ1n) is 9.61. The summed E-state index contributed by atoms with van der Waals surface area (Å²) in [6.07, 6.45) is 1.04. The fraction of sp³-hybridized carbons (Fsp3) is 0.947. The average Bonchev–Trinajstić information content (AvgIpc) is 2.81. The summed E-state index contributed by atoms with van der Waals surface area (Å²) in [5, 5.41) is 11.3. The molecule has 3 aliphatic rings. The van der Waals surface area contributed by atoms with Crippen LogP contribution in [0.2, 0.25) is 18.1 Å². The van der Waals surface area contributed by atoms with Crippen LogP contribution in [0.25, 0.3) is 0 Å². The van der Waals surface area contributed by atoms with Gasteiger partial charge < -0.3 is 23.7 Å². The molecule has 1 N–H and O–H groups in total. The third kappa shape index (κ3) is 2.87. The predicted octanol–water partition coefficient (Wildman–Crippen LogP) is 2.99. The van der Waals surface area contributed by atoms with E-state index in [-0.39, 0.29) is 17.4 Å². The molecule has 150 valence electrons. The van der Waals surface area contributed by atoms with Gasteiger partial charge in [-0.3, -0.25) is 4.79 Å². The molecular weight excluding hydrogens is 352 g/mol. The van der Waals surface area contributed by atoms with Crippen molar-refractivity contribution in [1.82, 2.24) is 0 Å². The molecule has 3 fully saturated rings. The lowest BCUT2D eigenvalue weighted by Gasteiger charge is -2.42. The van der Waals surface area contributed by atoms with Crippen LogP contribution in [-0.4, -0.2) is 56.7 Å². The molecule has 6 nitrogen and oxygen atoms in total. The van der Waals surface area contributed by atoms with E-state index in [0.717, 1.165) is 6.42 Å². The molecular formula is C19H34O6Si. The number of hydrogen-bond donors (Lipinski definition) is 1. The summed E-state index contributed by atoms with van der Waals surface area (Å²) < 4.78 is 23.5. The topological polar surface area (TPSA) is 74.2 Å².